The summed E-state index contributed by atoms with van der Waals surface area (Å²) in [6.07, 6.45) is 3.24. The molecule has 0 spiro atoms. The molecule has 0 aromatic heterocycles. The quantitative estimate of drug-likeness (QED) is 0.823. The number of halogens is 1. The first-order chi connectivity index (χ1) is 9.84. The first-order valence-corrected chi connectivity index (χ1v) is 8.59. The lowest BCUT2D eigenvalue weighted by Gasteiger charge is -2.50. The number of hydrogen-bond acceptors (Lipinski definition) is 1. The molecule has 1 nitrogen and oxygen atoms in total. The highest BCUT2D eigenvalue weighted by molar-refractivity contribution is 5.85. The topological polar surface area (TPSA) is 3.24 Å². The summed E-state index contributed by atoms with van der Waals surface area (Å²) < 4.78 is 0. The van der Waals surface area contributed by atoms with Gasteiger partial charge in [0.2, 0.25) is 0 Å². The molecule has 5 saturated carbocycles. The molecule has 0 saturated heterocycles. The summed E-state index contributed by atoms with van der Waals surface area (Å²) in [7, 11) is 2.41. The summed E-state index contributed by atoms with van der Waals surface area (Å²) in [4.78, 5) is 2.74. The van der Waals surface area contributed by atoms with Crippen molar-refractivity contribution >= 4 is 12.4 Å². The van der Waals surface area contributed by atoms with Crippen molar-refractivity contribution in [3.8, 4) is 0 Å². The first kappa shape index (κ1) is 13.0. The van der Waals surface area contributed by atoms with E-state index in [1.165, 1.54) is 17.4 Å². The van der Waals surface area contributed by atoms with Gasteiger partial charge in [0.15, 0.2) is 0 Å². The van der Waals surface area contributed by atoms with Gasteiger partial charge in [0.05, 0.1) is 0 Å². The summed E-state index contributed by atoms with van der Waals surface area (Å²) >= 11 is 0. The van der Waals surface area contributed by atoms with Crippen LogP contribution in [0.1, 0.15) is 18.4 Å². The van der Waals surface area contributed by atoms with Crippen LogP contribution in [-0.4, -0.2) is 18.0 Å². The van der Waals surface area contributed by atoms with Crippen LogP contribution in [0.3, 0.4) is 0 Å². The Morgan fingerprint density at radius 1 is 0.857 bits per heavy atom. The van der Waals surface area contributed by atoms with Gasteiger partial charge >= 0.3 is 0 Å². The Balaban J connectivity index is 0.00000104. The van der Waals surface area contributed by atoms with E-state index in [2.05, 4.69) is 42.3 Å². The van der Waals surface area contributed by atoms with E-state index >= 15 is 0 Å². The van der Waals surface area contributed by atoms with Gasteiger partial charge in [-0.15, -0.1) is 12.4 Å². The number of hydrogen-bond donors (Lipinski definition) is 0. The fraction of sp³-hybridized carbons (Fsp3) is 0.684. The Bertz CT molecular complexity index is 566. The van der Waals surface area contributed by atoms with Gasteiger partial charge in [-0.1, -0.05) is 30.3 Å². The Morgan fingerprint density at radius 2 is 1.52 bits per heavy atom. The van der Waals surface area contributed by atoms with E-state index in [-0.39, 0.29) is 12.4 Å². The van der Waals surface area contributed by atoms with Crippen LogP contribution in [0.25, 0.3) is 0 Å². The summed E-state index contributed by atoms with van der Waals surface area (Å²) in [5, 5.41) is 0. The van der Waals surface area contributed by atoms with Crippen LogP contribution < -0.4 is 0 Å². The fourth-order valence-corrected chi connectivity index (χ4v) is 7.99. The summed E-state index contributed by atoms with van der Waals surface area (Å²) in [6.45, 7) is 1.16. The average Bonchev–Trinajstić information content (AvgIpc) is 2.98. The maximum atomic E-state index is 2.74. The van der Waals surface area contributed by atoms with Gasteiger partial charge in [-0.3, -0.25) is 4.90 Å². The molecule has 1 aromatic carbocycles. The van der Waals surface area contributed by atoms with Crippen LogP contribution in [0, 0.1) is 47.3 Å². The van der Waals surface area contributed by atoms with E-state index in [4.69, 9.17) is 0 Å². The molecule has 6 rings (SSSR count). The van der Waals surface area contributed by atoms with Crippen molar-refractivity contribution in [3.63, 3.8) is 0 Å². The maximum absolute atomic E-state index is 2.74. The molecule has 5 fully saturated rings. The number of benzene rings is 1. The van der Waals surface area contributed by atoms with Crippen molar-refractivity contribution in [2.24, 2.45) is 47.3 Å². The lowest BCUT2D eigenvalue weighted by atomic mass is 9.58. The van der Waals surface area contributed by atoms with Crippen LogP contribution in [0.4, 0.5) is 0 Å². The molecule has 0 aliphatic heterocycles. The van der Waals surface area contributed by atoms with Crippen molar-refractivity contribution in [2.45, 2.75) is 25.4 Å². The van der Waals surface area contributed by atoms with Crippen molar-refractivity contribution in [1.29, 1.82) is 0 Å². The lowest BCUT2D eigenvalue weighted by molar-refractivity contribution is -0.0220. The van der Waals surface area contributed by atoms with Gasteiger partial charge in [-0.25, -0.2) is 0 Å². The van der Waals surface area contributed by atoms with Gasteiger partial charge in [-0.2, -0.15) is 0 Å². The van der Waals surface area contributed by atoms with Crippen molar-refractivity contribution in [2.75, 3.05) is 7.05 Å². The molecule has 112 valence electrons. The fourth-order valence-electron chi connectivity index (χ4n) is 7.99. The minimum atomic E-state index is 0. The normalized spacial score (nSPS) is 53.3. The molecule has 5 aliphatic carbocycles. The average molecular weight is 302 g/mol. The molecular weight excluding hydrogens is 278 g/mol. The third-order valence-corrected chi connectivity index (χ3v) is 8.07. The molecule has 2 heteroatoms. The smallest absolute Gasteiger partial charge is 0.0233 e. The molecule has 21 heavy (non-hydrogen) atoms. The van der Waals surface area contributed by atoms with Crippen LogP contribution in [0.2, 0.25) is 0 Å². The van der Waals surface area contributed by atoms with Crippen molar-refractivity contribution in [1.82, 2.24) is 4.90 Å². The number of fused-ring (bicyclic) bond motifs is 2. The van der Waals surface area contributed by atoms with E-state index in [1.807, 2.05) is 0 Å². The van der Waals surface area contributed by atoms with Gasteiger partial charge in [0, 0.05) is 12.6 Å². The number of nitrogens with zero attached hydrogens (tertiary/aromatic N) is 1. The van der Waals surface area contributed by atoms with E-state index in [9.17, 15) is 0 Å². The van der Waals surface area contributed by atoms with Gasteiger partial charge in [-0.05, 0) is 72.8 Å². The van der Waals surface area contributed by atoms with E-state index in [0.29, 0.717) is 0 Å². The Hall–Kier alpha value is -0.530. The third kappa shape index (κ3) is 1.31. The van der Waals surface area contributed by atoms with Gasteiger partial charge in [0.1, 0.15) is 0 Å². The highest BCUT2D eigenvalue weighted by atomic mass is 35.5. The second kappa shape index (κ2) is 4.06. The molecule has 0 radical (unpaired) electrons. The molecular formula is C19H24ClN. The predicted octanol–water partition coefficient (Wildman–Crippen LogP) is 3.69. The van der Waals surface area contributed by atoms with Gasteiger partial charge < -0.3 is 0 Å². The molecule has 1 aromatic rings. The maximum Gasteiger partial charge on any atom is 0.0233 e. The van der Waals surface area contributed by atoms with Crippen molar-refractivity contribution < 1.29 is 0 Å². The monoisotopic (exact) mass is 301 g/mol. The van der Waals surface area contributed by atoms with Crippen LogP contribution in [0.15, 0.2) is 30.3 Å². The standard InChI is InChI=1S/C19H23N.ClH/c1-20(9-10-5-3-2-4-6-10)19-16-12-8-13-15-11(12)7-14(16)17(15)18(13)19;/h2-6,11-19H,7-9H2,1H3;1H/t11-,12-,13+,14+,15+,16-,17-,18-,19-;/m0./s1. The number of rotatable bonds is 3. The third-order valence-electron chi connectivity index (χ3n) is 8.07. The molecule has 0 N–H and O–H groups in total. The minimum absolute atomic E-state index is 0. The second-order valence-corrected chi connectivity index (χ2v) is 8.33. The second-order valence-electron chi connectivity index (χ2n) is 8.33. The van der Waals surface area contributed by atoms with E-state index < -0.39 is 0 Å². The zero-order valence-corrected chi connectivity index (χ0v) is 13.4. The van der Waals surface area contributed by atoms with E-state index in [0.717, 1.165) is 48.1 Å². The molecule has 5 aliphatic rings. The van der Waals surface area contributed by atoms with Crippen LogP contribution in [0.5, 0.6) is 0 Å². The summed E-state index contributed by atoms with van der Waals surface area (Å²) in [5.74, 6) is 9.12. The largest absolute Gasteiger partial charge is 0.299 e. The van der Waals surface area contributed by atoms with Crippen LogP contribution >= 0.6 is 12.4 Å². The highest BCUT2D eigenvalue weighted by Gasteiger charge is 2.80. The summed E-state index contributed by atoms with van der Waals surface area (Å²) in [5.41, 5.74) is 1.49. The molecule has 0 amide bonds. The zero-order valence-electron chi connectivity index (χ0n) is 12.6. The zero-order chi connectivity index (χ0) is 13.0. The van der Waals surface area contributed by atoms with Crippen molar-refractivity contribution in [3.05, 3.63) is 35.9 Å². The SMILES string of the molecule is CN(Cc1ccccc1)[C@H]1[C@H]2[C@H]3C[C@@H]4[C@H]5[C@H]3C[C@H]2[C@@H]5[C@H]41.Cl. The predicted molar refractivity (Wildman–Crippen MR) is 86.1 cm³/mol. The first-order valence-electron chi connectivity index (χ1n) is 8.59. The van der Waals surface area contributed by atoms with Crippen LogP contribution in [-0.2, 0) is 6.54 Å². The Morgan fingerprint density at radius 3 is 2.29 bits per heavy atom. The minimum Gasteiger partial charge on any atom is -0.299 e. The highest BCUT2D eigenvalue weighted by Crippen LogP contribution is 2.83. The molecule has 9 atom stereocenters. The lowest BCUT2D eigenvalue weighted by Crippen LogP contribution is -2.51. The molecule has 2 bridgehead atoms. The van der Waals surface area contributed by atoms with Gasteiger partial charge in [0.25, 0.3) is 0 Å². The molecule has 0 heterocycles. The Kier molecular flexibility index (Phi) is 2.50. The summed E-state index contributed by atoms with van der Waals surface area (Å²) in [6, 6.07) is 12.0. The van der Waals surface area contributed by atoms with E-state index in [1.54, 1.807) is 12.8 Å². The Labute approximate surface area is 133 Å². The molecule has 0 unspecified atom stereocenters.